The van der Waals surface area contributed by atoms with E-state index < -0.39 is 17.7 Å². The summed E-state index contributed by atoms with van der Waals surface area (Å²) < 4.78 is 5.50. The molecule has 0 bridgehead atoms. The van der Waals surface area contributed by atoms with Crippen molar-refractivity contribution in [3.8, 4) is 0 Å². The van der Waals surface area contributed by atoms with Crippen molar-refractivity contribution >= 4 is 23.6 Å². The number of carbonyl (C=O) groups is 2. The average molecular weight is 381 g/mol. The maximum absolute atomic E-state index is 13.1. The second-order valence-electron chi connectivity index (χ2n) is 7.66. The van der Waals surface area contributed by atoms with Crippen LogP contribution in [0.2, 0.25) is 5.02 Å². The van der Waals surface area contributed by atoms with E-state index in [0.717, 1.165) is 18.4 Å². The Morgan fingerprint density at radius 2 is 1.88 bits per heavy atom. The fourth-order valence-electron chi connectivity index (χ4n) is 3.09. The quantitative estimate of drug-likeness (QED) is 0.773. The lowest BCUT2D eigenvalue weighted by molar-refractivity contribution is -0.138. The van der Waals surface area contributed by atoms with Crippen LogP contribution in [-0.2, 0) is 16.1 Å². The molecule has 144 valence electrons. The number of halogens is 1. The molecule has 1 heterocycles. The zero-order chi connectivity index (χ0) is 19.3. The molecule has 1 aliphatic rings. The van der Waals surface area contributed by atoms with Crippen LogP contribution in [0.1, 0.15) is 52.5 Å². The van der Waals surface area contributed by atoms with Gasteiger partial charge < -0.3 is 9.64 Å². The van der Waals surface area contributed by atoms with Crippen molar-refractivity contribution in [2.75, 3.05) is 13.1 Å². The predicted octanol–water partition coefficient (Wildman–Crippen LogP) is 4.48. The number of benzene rings is 1. The number of carbonyl (C=O) groups excluding carboxylic acids is 2. The van der Waals surface area contributed by atoms with E-state index in [9.17, 15) is 9.59 Å². The van der Waals surface area contributed by atoms with E-state index in [1.807, 2.05) is 52.0 Å². The number of nitrogens with zero attached hydrogens (tertiary/aromatic N) is 2. The second-order valence-corrected chi connectivity index (χ2v) is 8.10. The van der Waals surface area contributed by atoms with Gasteiger partial charge in [-0.1, -0.05) is 23.7 Å². The van der Waals surface area contributed by atoms with Crippen LogP contribution in [0, 0.1) is 0 Å². The first-order valence-electron chi connectivity index (χ1n) is 9.24. The largest absolute Gasteiger partial charge is 0.444 e. The summed E-state index contributed by atoms with van der Waals surface area (Å²) in [6, 6.07) is 7.03. The normalized spacial score (nSPS) is 17.7. The van der Waals surface area contributed by atoms with Crippen LogP contribution < -0.4 is 0 Å². The molecular weight excluding hydrogens is 352 g/mol. The van der Waals surface area contributed by atoms with Gasteiger partial charge in [0.05, 0.1) is 0 Å². The minimum atomic E-state index is -0.574. The van der Waals surface area contributed by atoms with E-state index in [2.05, 4.69) is 0 Å². The first kappa shape index (κ1) is 20.6. The smallest absolute Gasteiger partial charge is 0.410 e. The van der Waals surface area contributed by atoms with Crippen molar-refractivity contribution in [3.05, 3.63) is 34.9 Å². The lowest BCUT2D eigenvalue weighted by atomic mass is 10.0. The summed E-state index contributed by atoms with van der Waals surface area (Å²) in [7, 11) is 0. The first-order chi connectivity index (χ1) is 12.2. The van der Waals surface area contributed by atoms with E-state index in [1.54, 1.807) is 9.80 Å². The fourth-order valence-corrected chi connectivity index (χ4v) is 3.22. The Labute approximate surface area is 161 Å². The van der Waals surface area contributed by atoms with Crippen LogP contribution in [0.15, 0.2) is 24.3 Å². The van der Waals surface area contributed by atoms with Gasteiger partial charge in [-0.05, 0) is 64.7 Å². The van der Waals surface area contributed by atoms with Gasteiger partial charge in [0.15, 0.2) is 0 Å². The Hall–Kier alpha value is -1.75. The van der Waals surface area contributed by atoms with Crippen LogP contribution in [0.5, 0.6) is 0 Å². The van der Waals surface area contributed by atoms with Crippen molar-refractivity contribution in [2.45, 2.75) is 65.1 Å². The summed E-state index contributed by atoms with van der Waals surface area (Å²) in [6.45, 7) is 9.11. The van der Waals surface area contributed by atoms with Crippen molar-refractivity contribution < 1.29 is 14.3 Å². The zero-order valence-electron chi connectivity index (χ0n) is 16.1. The minimum Gasteiger partial charge on any atom is -0.444 e. The van der Waals surface area contributed by atoms with Gasteiger partial charge in [-0.25, -0.2) is 4.79 Å². The number of likely N-dealkylation sites (N-methyl/N-ethyl adjacent to an activating group) is 1. The predicted molar refractivity (Wildman–Crippen MR) is 103 cm³/mol. The Bertz CT molecular complexity index is 625. The zero-order valence-corrected chi connectivity index (χ0v) is 16.9. The number of piperidine rings is 1. The van der Waals surface area contributed by atoms with Crippen LogP contribution in [0.3, 0.4) is 0 Å². The van der Waals surface area contributed by atoms with Gasteiger partial charge in [-0.15, -0.1) is 0 Å². The van der Waals surface area contributed by atoms with Crippen molar-refractivity contribution in [1.82, 2.24) is 9.80 Å². The van der Waals surface area contributed by atoms with Crippen LogP contribution in [-0.4, -0.2) is 46.5 Å². The van der Waals surface area contributed by atoms with E-state index in [1.165, 1.54) is 0 Å². The Morgan fingerprint density at radius 1 is 1.23 bits per heavy atom. The molecule has 2 amide bonds. The third-order valence-corrected chi connectivity index (χ3v) is 4.65. The summed E-state index contributed by atoms with van der Waals surface area (Å²) in [4.78, 5) is 29.1. The highest BCUT2D eigenvalue weighted by molar-refractivity contribution is 6.30. The third kappa shape index (κ3) is 5.63. The Morgan fingerprint density at radius 3 is 2.46 bits per heavy atom. The second kappa shape index (κ2) is 8.76. The van der Waals surface area contributed by atoms with E-state index in [4.69, 9.17) is 16.3 Å². The van der Waals surface area contributed by atoms with Crippen molar-refractivity contribution in [3.63, 3.8) is 0 Å². The van der Waals surface area contributed by atoms with Gasteiger partial charge in [0, 0.05) is 24.7 Å². The van der Waals surface area contributed by atoms with Gasteiger partial charge in [0.1, 0.15) is 11.6 Å². The summed E-state index contributed by atoms with van der Waals surface area (Å²) >= 11 is 5.93. The minimum absolute atomic E-state index is 0.0204. The number of ether oxygens (including phenoxy) is 1. The average Bonchev–Trinajstić information content (AvgIpc) is 2.59. The molecule has 0 saturated carbocycles. The van der Waals surface area contributed by atoms with E-state index in [-0.39, 0.29) is 5.91 Å². The Kier molecular flexibility index (Phi) is 6.93. The van der Waals surface area contributed by atoms with Gasteiger partial charge in [0.2, 0.25) is 5.91 Å². The lowest BCUT2D eigenvalue weighted by Crippen LogP contribution is -2.53. The molecule has 5 nitrogen and oxygen atoms in total. The van der Waals surface area contributed by atoms with Gasteiger partial charge in [0.25, 0.3) is 0 Å². The molecule has 1 aromatic carbocycles. The van der Waals surface area contributed by atoms with Crippen LogP contribution in [0.4, 0.5) is 4.79 Å². The summed E-state index contributed by atoms with van der Waals surface area (Å²) in [5, 5.41) is 0.673. The molecule has 1 aliphatic heterocycles. The van der Waals surface area contributed by atoms with Gasteiger partial charge in [-0.2, -0.15) is 0 Å². The highest BCUT2D eigenvalue weighted by Gasteiger charge is 2.36. The molecule has 1 atom stereocenters. The first-order valence-corrected chi connectivity index (χ1v) is 9.62. The number of amides is 2. The number of hydrogen-bond donors (Lipinski definition) is 0. The molecule has 1 saturated heterocycles. The molecule has 26 heavy (non-hydrogen) atoms. The fraction of sp³-hybridized carbons (Fsp3) is 0.600. The third-order valence-electron chi connectivity index (χ3n) is 4.40. The number of rotatable bonds is 4. The summed E-state index contributed by atoms with van der Waals surface area (Å²) in [5.74, 6) is -0.0204. The molecule has 0 unspecified atom stereocenters. The lowest BCUT2D eigenvalue weighted by Gasteiger charge is -2.38. The SMILES string of the molecule is CCN(Cc1ccc(Cl)cc1)C(=O)[C@H]1CCCCN1C(=O)OC(C)(C)C. The highest BCUT2D eigenvalue weighted by Crippen LogP contribution is 2.23. The Balaban J connectivity index is 2.11. The molecule has 0 spiro atoms. The van der Waals surface area contributed by atoms with Crippen molar-refractivity contribution in [1.29, 1.82) is 0 Å². The molecular formula is C20H29ClN2O3. The van der Waals surface area contributed by atoms with Crippen LogP contribution in [0.25, 0.3) is 0 Å². The maximum atomic E-state index is 13.1. The van der Waals surface area contributed by atoms with Crippen LogP contribution >= 0.6 is 11.6 Å². The molecule has 1 aromatic rings. The standard InChI is InChI=1S/C20H29ClN2O3/c1-5-22(14-15-9-11-16(21)12-10-15)18(24)17-8-6-7-13-23(17)19(25)26-20(2,3)4/h9-12,17H,5-8,13-14H2,1-4H3/t17-/m1/s1. The summed E-state index contributed by atoms with van der Waals surface area (Å²) in [6.07, 6.45) is 2.11. The maximum Gasteiger partial charge on any atom is 0.410 e. The topological polar surface area (TPSA) is 49.9 Å². The molecule has 6 heteroatoms. The molecule has 0 N–H and O–H groups in total. The van der Waals surface area contributed by atoms with E-state index in [0.29, 0.717) is 31.1 Å². The molecule has 2 rings (SSSR count). The highest BCUT2D eigenvalue weighted by atomic mass is 35.5. The van der Waals surface area contributed by atoms with E-state index >= 15 is 0 Å². The summed E-state index contributed by atoms with van der Waals surface area (Å²) in [5.41, 5.74) is 0.444. The number of likely N-dealkylation sites (tertiary alicyclic amines) is 1. The van der Waals surface area contributed by atoms with Crippen molar-refractivity contribution in [2.24, 2.45) is 0 Å². The molecule has 1 fully saturated rings. The molecule has 0 radical (unpaired) electrons. The molecule has 0 aromatic heterocycles. The van der Waals surface area contributed by atoms with Gasteiger partial charge >= 0.3 is 6.09 Å². The number of hydrogen-bond acceptors (Lipinski definition) is 3. The molecule has 0 aliphatic carbocycles. The van der Waals surface area contributed by atoms with Gasteiger partial charge in [-0.3, -0.25) is 9.69 Å². The monoisotopic (exact) mass is 380 g/mol.